The number of amides is 1. The van der Waals surface area contributed by atoms with Crippen LogP contribution in [0.25, 0.3) is 0 Å². The fraction of sp³-hybridized carbons (Fsp3) is 0.571. The molecule has 1 rings (SSSR count). The molecule has 0 bridgehead atoms. The van der Waals surface area contributed by atoms with Crippen molar-refractivity contribution in [2.45, 2.75) is 40.3 Å². The highest BCUT2D eigenvalue weighted by atomic mass is 35.5. The summed E-state index contributed by atoms with van der Waals surface area (Å²) in [5.41, 5.74) is 0.499. The van der Waals surface area contributed by atoms with Gasteiger partial charge >= 0.3 is 0 Å². The fourth-order valence-electron chi connectivity index (χ4n) is 1.62. The number of nitrogens with zero attached hydrogens (tertiary/aromatic N) is 2. The summed E-state index contributed by atoms with van der Waals surface area (Å²) in [6, 6.07) is 3.99. The second-order valence-corrected chi connectivity index (χ2v) is 5.67. The average Bonchev–Trinajstić information content (AvgIpc) is 2.36. The van der Waals surface area contributed by atoms with Crippen molar-refractivity contribution >= 4 is 17.5 Å². The van der Waals surface area contributed by atoms with E-state index >= 15 is 0 Å². The average molecular weight is 269 g/mol. The van der Waals surface area contributed by atoms with Crippen LogP contribution in [0.1, 0.15) is 33.3 Å². The van der Waals surface area contributed by atoms with E-state index < -0.39 is 5.41 Å². The van der Waals surface area contributed by atoms with Gasteiger partial charge in [-0.1, -0.05) is 6.07 Å². The summed E-state index contributed by atoms with van der Waals surface area (Å²) >= 11 is 5.88. The molecule has 0 atom stereocenters. The Hall–Kier alpha value is -1.09. The first kappa shape index (κ1) is 15.0. The van der Waals surface area contributed by atoms with E-state index in [2.05, 4.69) is 4.98 Å². The maximum Gasteiger partial charge on any atom is 0.229 e. The molecule has 4 heteroatoms. The number of hydrogen-bond acceptors (Lipinski definition) is 2. The van der Waals surface area contributed by atoms with Crippen molar-refractivity contribution in [3.05, 3.63) is 30.1 Å². The molecule has 100 valence electrons. The zero-order valence-electron chi connectivity index (χ0n) is 11.5. The lowest BCUT2D eigenvalue weighted by atomic mass is 9.93. The van der Waals surface area contributed by atoms with Crippen LogP contribution < -0.4 is 0 Å². The van der Waals surface area contributed by atoms with Gasteiger partial charge in [0, 0.05) is 30.9 Å². The number of pyridine rings is 1. The molecule has 1 heterocycles. The number of carbonyl (C=O) groups excluding carboxylic acids is 1. The first-order valence-electron chi connectivity index (χ1n) is 6.14. The predicted octanol–water partition coefficient (Wildman–Crippen LogP) is 3.08. The Morgan fingerprint density at radius 3 is 2.61 bits per heavy atom. The normalized spacial score (nSPS) is 11.7. The van der Waals surface area contributed by atoms with Crippen LogP contribution in [-0.4, -0.2) is 27.7 Å². The van der Waals surface area contributed by atoms with Crippen LogP contribution >= 0.6 is 11.6 Å². The number of hydrogen-bond donors (Lipinski definition) is 0. The van der Waals surface area contributed by atoms with Gasteiger partial charge in [0.05, 0.1) is 5.41 Å². The van der Waals surface area contributed by atoms with Gasteiger partial charge in [0.1, 0.15) is 0 Å². The summed E-state index contributed by atoms with van der Waals surface area (Å²) < 4.78 is 0. The molecule has 18 heavy (non-hydrogen) atoms. The Morgan fingerprint density at radius 1 is 1.50 bits per heavy atom. The van der Waals surface area contributed by atoms with Gasteiger partial charge in [-0.3, -0.25) is 9.78 Å². The maximum atomic E-state index is 12.5. The largest absolute Gasteiger partial charge is 0.335 e. The highest BCUT2D eigenvalue weighted by Gasteiger charge is 2.32. The van der Waals surface area contributed by atoms with Crippen LogP contribution in [0.15, 0.2) is 24.5 Å². The number of alkyl halides is 1. The van der Waals surface area contributed by atoms with Crippen LogP contribution in [0, 0.1) is 5.41 Å². The first-order valence-corrected chi connectivity index (χ1v) is 6.68. The SMILES string of the molecule is CC(C)N(Cc1cccnc1)C(=O)C(C)(C)CCl. The van der Waals surface area contributed by atoms with E-state index in [0.717, 1.165) is 5.56 Å². The number of halogens is 1. The maximum absolute atomic E-state index is 12.5. The van der Waals surface area contributed by atoms with E-state index in [1.165, 1.54) is 0 Å². The Bertz CT molecular complexity index is 390. The van der Waals surface area contributed by atoms with Crippen LogP contribution in [0.3, 0.4) is 0 Å². The summed E-state index contributed by atoms with van der Waals surface area (Å²) in [5.74, 6) is 0.401. The van der Waals surface area contributed by atoms with E-state index in [-0.39, 0.29) is 11.9 Å². The molecule has 1 amide bonds. The standard InChI is InChI=1S/C14H21ClN2O/c1-11(2)17(13(18)14(3,4)10-15)9-12-6-5-7-16-8-12/h5-8,11H,9-10H2,1-4H3. The molecule has 0 fully saturated rings. The van der Waals surface area contributed by atoms with Gasteiger partial charge in [-0.25, -0.2) is 0 Å². The van der Waals surface area contributed by atoms with Gasteiger partial charge in [-0.15, -0.1) is 11.6 Å². The van der Waals surface area contributed by atoms with Crippen molar-refractivity contribution < 1.29 is 4.79 Å². The van der Waals surface area contributed by atoms with E-state index in [9.17, 15) is 4.79 Å². The van der Waals surface area contributed by atoms with Crippen LogP contribution in [0.4, 0.5) is 0 Å². The zero-order valence-corrected chi connectivity index (χ0v) is 12.2. The van der Waals surface area contributed by atoms with Crippen molar-refractivity contribution in [3.63, 3.8) is 0 Å². The zero-order chi connectivity index (χ0) is 13.8. The summed E-state index contributed by atoms with van der Waals surface area (Å²) in [7, 11) is 0. The van der Waals surface area contributed by atoms with Gasteiger partial charge in [0.2, 0.25) is 5.91 Å². The van der Waals surface area contributed by atoms with Crippen molar-refractivity contribution in [3.8, 4) is 0 Å². The van der Waals surface area contributed by atoms with Gasteiger partial charge in [-0.05, 0) is 39.3 Å². The Morgan fingerprint density at radius 2 is 2.17 bits per heavy atom. The monoisotopic (exact) mass is 268 g/mol. The van der Waals surface area contributed by atoms with Crippen LogP contribution in [0.2, 0.25) is 0 Å². The highest BCUT2D eigenvalue weighted by Crippen LogP contribution is 2.23. The number of rotatable bonds is 5. The molecule has 0 spiro atoms. The smallest absolute Gasteiger partial charge is 0.229 e. The summed E-state index contributed by atoms with van der Waals surface area (Å²) in [5, 5.41) is 0. The second-order valence-electron chi connectivity index (χ2n) is 5.41. The summed E-state index contributed by atoms with van der Waals surface area (Å²) in [4.78, 5) is 18.4. The lowest BCUT2D eigenvalue weighted by Crippen LogP contribution is -2.45. The van der Waals surface area contributed by atoms with Gasteiger partial charge in [0.25, 0.3) is 0 Å². The molecule has 3 nitrogen and oxygen atoms in total. The topological polar surface area (TPSA) is 33.2 Å². The lowest BCUT2D eigenvalue weighted by Gasteiger charge is -2.33. The Labute approximate surface area is 114 Å². The first-order chi connectivity index (χ1) is 8.38. The number of aromatic nitrogens is 1. The molecule has 0 saturated heterocycles. The molecule has 0 radical (unpaired) electrons. The van der Waals surface area contributed by atoms with E-state index in [1.54, 1.807) is 12.4 Å². The van der Waals surface area contributed by atoms with E-state index in [0.29, 0.717) is 12.4 Å². The molecular weight excluding hydrogens is 248 g/mol. The van der Waals surface area contributed by atoms with Gasteiger partial charge in [0.15, 0.2) is 0 Å². The molecule has 0 aromatic carbocycles. The van der Waals surface area contributed by atoms with Crippen molar-refractivity contribution in [1.29, 1.82) is 0 Å². The minimum atomic E-state index is -0.534. The quantitative estimate of drug-likeness (QED) is 0.769. The van der Waals surface area contributed by atoms with E-state index in [4.69, 9.17) is 11.6 Å². The minimum absolute atomic E-state index is 0.0800. The van der Waals surface area contributed by atoms with Crippen molar-refractivity contribution in [2.75, 3.05) is 5.88 Å². The minimum Gasteiger partial charge on any atom is -0.335 e. The van der Waals surface area contributed by atoms with Gasteiger partial charge in [-0.2, -0.15) is 0 Å². The third-order valence-corrected chi connectivity index (χ3v) is 3.54. The molecule has 1 aromatic rings. The fourth-order valence-corrected chi connectivity index (χ4v) is 1.74. The Kier molecular flexibility index (Phi) is 5.15. The molecule has 0 saturated carbocycles. The molecule has 0 N–H and O–H groups in total. The van der Waals surface area contributed by atoms with Crippen molar-refractivity contribution in [1.82, 2.24) is 9.88 Å². The van der Waals surface area contributed by atoms with Crippen LogP contribution in [0.5, 0.6) is 0 Å². The third kappa shape index (κ3) is 3.70. The third-order valence-electron chi connectivity index (χ3n) is 2.87. The summed E-state index contributed by atoms with van der Waals surface area (Å²) in [6.07, 6.45) is 3.52. The number of carbonyl (C=O) groups is 1. The lowest BCUT2D eigenvalue weighted by molar-refractivity contribution is -0.141. The van der Waals surface area contributed by atoms with Crippen LogP contribution in [-0.2, 0) is 11.3 Å². The predicted molar refractivity (Wildman–Crippen MR) is 74.4 cm³/mol. The molecule has 1 aromatic heterocycles. The second kappa shape index (κ2) is 6.19. The molecular formula is C14H21ClN2O. The van der Waals surface area contributed by atoms with E-state index in [1.807, 2.05) is 44.7 Å². The molecule has 0 aliphatic rings. The Balaban J connectivity index is 2.88. The summed E-state index contributed by atoms with van der Waals surface area (Å²) in [6.45, 7) is 8.35. The highest BCUT2D eigenvalue weighted by molar-refractivity contribution is 6.19. The molecule has 0 aliphatic carbocycles. The molecule has 0 aliphatic heterocycles. The van der Waals surface area contributed by atoms with Gasteiger partial charge < -0.3 is 4.90 Å². The van der Waals surface area contributed by atoms with Crippen molar-refractivity contribution in [2.24, 2.45) is 5.41 Å². The molecule has 0 unspecified atom stereocenters.